The first-order valence-electron chi connectivity index (χ1n) is 6.44. The summed E-state index contributed by atoms with van der Waals surface area (Å²) >= 11 is 0. The standard InChI is InChI=1S/C15H16N2O3/c1-10-4-3-5-13(11(10)2)17-9-12(8-14(17)18)15(19)20-7-6-16/h3-5,12H,7-9H2,1-2H3/t12-/m1/s1. The number of anilines is 1. The Morgan fingerprint density at radius 3 is 2.95 bits per heavy atom. The van der Waals surface area contributed by atoms with Crippen molar-refractivity contribution in [3.63, 3.8) is 0 Å². The highest BCUT2D eigenvalue weighted by Crippen LogP contribution is 2.29. The lowest BCUT2D eigenvalue weighted by Gasteiger charge is -2.20. The van der Waals surface area contributed by atoms with E-state index in [1.165, 1.54) is 0 Å². The van der Waals surface area contributed by atoms with Crippen LogP contribution in [0.1, 0.15) is 17.5 Å². The Morgan fingerprint density at radius 1 is 1.50 bits per heavy atom. The van der Waals surface area contributed by atoms with Crippen molar-refractivity contribution in [3.05, 3.63) is 29.3 Å². The van der Waals surface area contributed by atoms with Gasteiger partial charge in [-0.3, -0.25) is 9.59 Å². The van der Waals surface area contributed by atoms with Gasteiger partial charge in [-0.15, -0.1) is 0 Å². The lowest BCUT2D eigenvalue weighted by atomic mass is 10.1. The van der Waals surface area contributed by atoms with Crippen LogP contribution in [0.15, 0.2) is 18.2 Å². The van der Waals surface area contributed by atoms with E-state index in [9.17, 15) is 9.59 Å². The van der Waals surface area contributed by atoms with E-state index in [1.54, 1.807) is 11.0 Å². The van der Waals surface area contributed by atoms with Gasteiger partial charge in [0.2, 0.25) is 5.91 Å². The molecule has 1 aromatic carbocycles. The summed E-state index contributed by atoms with van der Waals surface area (Å²) in [5.41, 5.74) is 2.98. The van der Waals surface area contributed by atoms with E-state index in [4.69, 9.17) is 10.00 Å². The topological polar surface area (TPSA) is 70.4 Å². The third-order valence-electron chi connectivity index (χ3n) is 3.60. The maximum absolute atomic E-state index is 12.1. The van der Waals surface area contributed by atoms with Gasteiger partial charge >= 0.3 is 5.97 Å². The fraction of sp³-hybridized carbons (Fsp3) is 0.400. The first-order chi connectivity index (χ1) is 9.54. The number of hydrogen-bond acceptors (Lipinski definition) is 4. The van der Waals surface area contributed by atoms with Crippen LogP contribution in [0.25, 0.3) is 0 Å². The predicted octanol–water partition coefficient (Wildman–Crippen LogP) is 1.72. The molecule has 1 fully saturated rings. The van der Waals surface area contributed by atoms with Gasteiger partial charge in [-0.05, 0) is 31.0 Å². The van der Waals surface area contributed by atoms with Gasteiger partial charge in [-0.1, -0.05) is 12.1 Å². The molecule has 2 rings (SSSR count). The SMILES string of the molecule is Cc1cccc(N2C[C@H](C(=O)OCC#N)CC2=O)c1C. The molecule has 1 aromatic rings. The number of rotatable bonds is 3. The summed E-state index contributed by atoms with van der Waals surface area (Å²) in [4.78, 5) is 25.4. The van der Waals surface area contributed by atoms with Crippen LogP contribution in [0.5, 0.6) is 0 Å². The van der Waals surface area contributed by atoms with Crippen molar-refractivity contribution in [2.75, 3.05) is 18.1 Å². The van der Waals surface area contributed by atoms with Gasteiger partial charge in [-0.2, -0.15) is 5.26 Å². The first-order valence-corrected chi connectivity index (χ1v) is 6.44. The molecule has 20 heavy (non-hydrogen) atoms. The molecule has 0 unspecified atom stereocenters. The van der Waals surface area contributed by atoms with Gasteiger partial charge in [0.15, 0.2) is 6.61 Å². The van der Waals surface area contributed by atoms with E-state index in [0.717, 1.165) is 16.8 Å². The Hall–Kier alpha value is -2.35. The molecular weight excluding hydrogens is 256 g/mol. The maximum Gasteiger partial charge on any atom is 0.312 e. The zero-order chi connectivity index (χ0) is 14.7. The zero-order valence-electron chi connectivity index (χ0n) is 11.5. The van der Waals surface area contributed by atoms with E-state index >= 15 is 0 Å². The van der Waals surface area contributed by atoms with Crippen LogP contribution >= 0.6 is 0 Å². The van der Waals surface area contributed by atoms with E-state index in [0.29, 0.717) is 6.54 Å². The Bertz CT molecular complexity index is 589. The minimum atomic E-state index is -0.490. The van der Waals surface area contributed by atoms with Crippen LogP contribution in [0, 0.1) is 31.1 Å². The molecule has 1 atom stereocenters. The van der Waals surface area contributed by atoms with E-state index in [1.807, 2.05) is 32.0 Å². The molecule has 0 aliphatic carbocycles. The molecule has 1 aliphatic rings. The minimum absolute atomic E-state index is 0.0855. The van der Waals surface area contributed by atoms with E-state index in [2.05, 4.69) is 0 Å². The number of carbonyl (C=O) groups excluding carboxylic acids is 2. The number of nitriles is 1. The molecule has 1 amide bonds. The fourth-order valence-electron chi connectivity index (χ4n) is 2.35. The monoisotopic (exact) mass is 272 g/mol. The Labute approximate surface area is 117 Å². The second-order valence-electron chi connectivity index (χ2n) is 4.89. The molecule has 5 heteroatoms. The van der Waals surface area contributed by atoms with Crippen LogP contribution in [0.4, 0.5) is 5.69 Å². The van der Waals surface area contributed by atoms with Crippen molar-refractivity contribution in [1.29, 1.82) is 5.26 Å². The highest BCUT2D eigenvalue weighted by atomic mass is 16.5. The predicted molar refractivity (Wildman–Crippen MR) is 72.9 cm³/mol. The quantitative estimate of drug-likeness (QED) is 0.786. The van der Waals surface area contributed by atoms with E-state index < -0.39 is 11.9 Å². The Morgan fingerprint density at radius 2 is 2.25 bits per heavy atom. The molecule has 0 aromatic heterocycles. The average molecular weight is 272 g/mol. The highest BCUT2D eigenvalue weighted by molar-refractivity contribution is 6.00. The van der Waals surface area contributed by atoms with Crippen LogP contribution in [-0.4, -0.2) is 25.0 Å². The lowest BCUT2D eigenvalue weighted by molar-refractivity contribution is -0.146. The number of aryl methyl sites for hydroxylation is 1. The number of carbonyl (C=O) groups is 2. The van der Waals surface area contributed by atoms with Crippen molar-refractivity contribution in [3.8, 4) is 6.07 Å². The van der Waals surface area contributed by atoms with E-state index in [-0.39, 0.29) is 18.9 Å². The second-order valence-corrected chi connectivity index (χ2v) is 4.89. The highest BCUT2D eigenvalue weighted by Gasteiger charge is 2.36. The molecule has 0 bridgehead atoms. The normalized spacial score (nSPS) is 17.9. The summed E-state index contributed by atoms with van der Waals surface area (Å²) < 4.78 is 4.78. The molecule has 0 N–H and O–H groups in total. The second kappa shape index (κ2) is 5.74. The molecule has 5 nitrogen and oxygen atoms in total. The van der Waals surface area contributed by atoms with Crippen LogP contribution in [-0.2, 0) is 14.3 Å². The summed E-state index contributed by atoms with van der Waals surface area (Å²) in [6.07, 6.45) is 0.137. The fourth-order valence-corrected chi connectivity index (χ4v) is 2.35. The van der Waals surface area contributed by atoms with Gasteiger partial charge in [0.05, 0.1) is 5.92 Å². The number of ether oxygens (including phenoxy) is 1. The molecular formula is C15H16N2O3. The lowest BCUT2D eigenvalue weighted by Crippen LogP contribution is -2.27. The number of esters is 1. The summed E-state index contributed by atoms with van der Waals surface area (Å²) in [5, 5.41) is 8.40. The third kappa shape index (κ3) is 2.64. The largest absolute Gasteiger partial charge is 0.450 e. The van der Waals surface area contributed by atoms with Gasteiger partial charge < -0.3 is 9.64 Å². The number of hydrogen-bond donors (Lipinski definition) is 0. The van der Waals surface area contributed by atoms with Crippen molar-refractivity contribution < 1.29 is 14.3 Å². The molecule has 1 heterocycles. The molecule has 0 spiro atoms. The maximum atomic E-state index is 12.1. The van der Waals surface area contributed by atoms with Gasteiger partial charge in [0.1, 0.15) is 6.07 Å². The van der Waals surface area contributed by atoms with Crippen molar-refractivity contribution >= 4 is 17.6 Å². The zero-order valence-corrected chi connectivity index (χ0v) is 11.5. The van der Waals surface area contributed by atoms with Crippen molar-refractivity contribution in [1.82, 2.24) is 0 Å². The third-order valence-corrected chi connectivity index (χ3v) is 3.60. The summed E-state index contributed by atoms with van der Waals surface area (Å²) in [5.74, 6) is -1.05. The summed E-state index contributed by atoms with van der Waals surface area (Å²) in [6.45, 7) is 3.98. The molecule has 1 saturated heterocycles. The van der Waals surface area contributed by atoms with Gasteiger partial charge in [0, 0.05) is 18.7 Å². The molecule has 0 radical (unpaired) electrons. The van der Waals surface area contributed by atoms with Crippen LogP contribution in [0.2, 0.25) is 0 Å². The van der Waals surface area contributed by atoms with Gasteiger partial charge in [0.25, 0.3) is 0 Å². The Balaban J connectivity index is 2.16. The molecule has 104 valence electrons. The van der Waals surface area contributed by atoms with Crippen LogP contribution in [0.3, 0.4) is 0 Å². The number of nitrogens with zero attached hydrogens (tertiary/aromatic N) is 2. The first kappa shape index (κ1) is 14.1. The minimum Gasteiger partial charge on any atom is -0.450 e. The summed E-state index contributed by atoms with van der Waals surface area (Å²) in [6, 6.07) is 7.51. The van der Waals surface area contributed by atoms with Crippen molar-refractivity contribution in [2.45, 2.75) is 20.3 Å². The smallest absolute Gasteiger partial charge is 0.312 e. The summed E-state index contributed by atoms with van der Waals surface area (Å²) in [7, 11) is 0. The number of benzene rings is 1. The average Bonchev–Trinajstić information content (AvgIpc) is 2.81. The molecule has 0 saturated carbocycles. The number of amides is 1. The van der Waals surface area contributed by atoms with Crippen molar-refractivity contribution in [2.24, 2.45) is 5.92 Å². The Kier molecular flexibility index (Phi) is 4.04. The van der Waals surface area contributed by atoms with Gasteiger partial charge in [-0.25, -0.2) is 0 Å². The molecule has 1 aliphatic heterocycles. The van der Waals surface area contributed by atoms with Crippen LogP contribution < -0.4 is 4.90 Å².